The fraction of sp³-hybridized carbons (Fsp3) is 0.714. The summed E-state index contributed by atoms with van der Waals surface area (Å²) in [6.45, 7) is 3.05. The van der Waals surface area contributed by atoms with Crippen molar-refractivity contribution >= 4 is 5.91 Å². The van der Waals surface area contributed by atoms with Crippen LogP contribution in [0.5, 0.6) is 0 Å². The molecule has 0 bridgehead atoms. The highest BCUT2D eigenvalue weighted by Gasteiger charge is 2.14. The number of carbonyl (C=O) groups is 1. The van der Waals surface area contributed by atoms with Gasteiger partial charge in [-0.15, -0.1) is 0 Å². The SMILES string of the molecule is CCCC(CC(=O)NCCCCCO)n1ccnc1. The number of imidazole rings is 1. The van der Waals surface area contributed by atoms with Gasteiger partial charge in [0, 0.05) is 38.0 Å². The molecule has 5 heteroatoms. The lowest BCUT2D eigenvalue weighted by atomic mass is 10.1. The van der Waals surface area contributed by atoms with Gasteiger partial charge >= 0.3 is 0 Å². The van der Waals surface area contributed by atoms with Gasteiger partial charge < -0.3 is 15.0 Å². The number of aliphatic hydroxyl groups excluding tert-OH is 1. The van der Waals surface area contributed by atoms with E-state index in [0.717, 1.165) is 32.1 Å². The molecular formula is C14H25N3O2. The Kier molecular flexibility index (Phi) is 7.89. The lowest BCUT2D eigenvalue weighted by Gasteiger charge is -2.17. The fourth-order valence-corrected chi connectivity index (χ4v) is 2.10. The van der Waals surface area contributed by atoms with Crippen molar-refractivity contribution in [2.24, 2.45) is 0 Å². The third kappa shape index (κ3) is 6.38. The first-order valence-corrected chi connectivity index (χ1v) is 7.13. The number of unbranched alkanes of at least 4 members (excludes halogenated alkanes) is 2. The average Bonchev–Trinajstić information content (AvgIpc) is 2.92. The van der Waals surface area contributed by atoms with E-state index < -0.39 is 0 Å². The molecular weight excluding hydrogens is 242 g/mol. The second-order valence-electron chi connectivity index (χ2n) is 4.79. The van der Waals surface area contributed by atoms with E-state index in [1.807, 2.05) is 10.8 Å². The van der Waals surface area contributed by atoms with Crippen LogP contribution in [-0.2, 0) is 4.79 Å². The highest BCUT2D eigenvalue weighted by Crippen LogP contribution is 2.17. The zero-order valence-electron chi connectivity index (χ0n) is 11.7. The molecule has 0 saturated carbocycles. The van der Waals surface area contributed by atoms with Gasteiger partial charge in [-0.1, -0.05) is 13.3 Å². The number of aliphatic hydroxyl groups is 1. The van der Waals surface area contributed by atoms with E-state index >= 15 is 0 Å². The molecule has 1 unspecified atom stereocenters. The van der Waals surface area contributed by atoms with E-state index in [4.69, 9.17) is 5.11 Å². The Labute approximate surface area is 115 Å². The topological polar surface area (TPSA) is 67.2 Å². The molecule has 1 heterocycles. The first kappa shape index (κ1) is 15.7. The summed E-state index contributed by atoms with van der Waals surface area (Å²) in [7, 11) is 0. The second kappa shape index (κ2) is 9.55. The van der Waals surface area contributed by atoms with Crippen LogP contribution in [0.3, 0.4) is 0 Å². The van der Waals surface area contributed by atoms with Crippen LogP contribution < -0.4 is 5.32 Å². The Morgan fingerprint density at radius 3 is 2.89 bits per heavy atom. The molecule has 0 aliphatic carbocycles. The minimum absolute atomic E-state index is 0.0937. The summed E-state index contributed by atoms with van der Waals surface area (Å²) < 4.78 is 2.01. The molecule has 0 aliphatic heterocycles. The smallest absolute Gasteiger partial charge is 0.222 e. The van der Waals surface area contributed by atoms with Gasteiger partial charge in [-0.2, -0.15) is 0 Å². The van der Waals surface area contributed by atoms with Gasteiger partial charge in [0.2, 0.25) is 5.91 Å². The molecule has 1 amide bonds. The lowest BCUT2D eigenvalue weighted by Crippen LogP contribution is -2.27. The summed E-state index contributed by atoms with van der Waals surface area (Å²) in [4.78, 5) is 15.9. The van der Waals surface area contributed by atoms with Crippen LogP contribution >= 0.6 is 0 Å². The molecule has 2 N–H and O–H groups in total. The summed E-state index contributed by atoms with van der Waals surface area (Å²) in [6, 6.07) is 0.199. The van der Waals surface area contributed by atoms with Crippen molar-refractivity contribution in [3.05, 3.63) is 18.7 Å². The maximum absolute atomic E-state index is 11.9. The molecule has 0 radical (unpaired) electrons. The van der Waals surface area contributed by atoms with Crippen molar-refractivity contribution in [2.75, 3.05) is 13.2 Å². The van der Waals surface area contributed by atoms with Gasteiger partial charge in [0.1, 0.15) is 0 Å². The molecule has 19 heavy (non-hydrogen) atoms. The summed E-state index contributed by atoms with van der Waals surface area (Å²) in [6.07, 6.45) is 10.7. The van der Waals surface area contributed by atoms with Crippen LogP contribution in [0.2, 0.25) is 0 Å². The monoisotopic (exact) mass is 267 g/mol. The standard InChI is InChI=1S/C14H25N3O2/c1-2-6-13(17-9-8-15-12-17)11-14(19)16-7-4-3-5-10-18/h8-9,12-13,18H,2-7,10-11H2,1H3,(H,16,19). The van der Waals surface area contributed by atoms with Crippen molar-refractivity contribution in [1.29, 1.82) is 0 Å². The average molecular weight is 267 g/mol. The van der Waals surface area contributed by atoms with Gasteiger partial charge in [-0.05, 0) is 25.7 Å². The maximum Gasteiger partial charge on any atom is 0.222 e. The molecule has 1 rings (SSSR count). The number of nitrogens with one attached hydrogen (secondary N) is 1. The highest BCUT2D eigenvalue weighted by atomic mass is 16.2. The van der Waals surface area contributed by atoms with Gasteiger partial charge in [-0.25, -0.2) is 4.98 Å². The molecule has 0 aromatic carbocycles. The summed E-state index contributed by atoms with van der Waals surface area (Å²) in [5.74, 6) is 0.0937. The van der Waals surface area contributed by atoms with E-state index in [0.29, 0.717) is 13.0 Å². The molecule has 0 fully saturated rings. The van der Waals surface area contributed by atoms with E-state index in [9.17, 15) is 4.79 Å². The van der Waals surface area contributed by atoms with Crippen molar-refractivity contribution in [2.45, 2.75) is 51.5 Å². The van der Waals surface area contributed by atoms with Crippen LogP contribution in [0.1, 0.15) is 51.5 Å². The molecule has 0 aliphatic rings. The first-order valence-electron chi connectivity index (χ1n) is 7.13. The minimum Gasteiger partial charge on any atom is -0.396 e. The van der Waals surface area contributed by atoms with Gasteiger partial charge in [0.05, 0.1) is 6.33 Å². The van der Waals surface area contributed by atoms with Gasteiger partial charge in [0.15, 0.2) is 0 Å². The Morgan fingerprint density at radius 2 is 2.26 bits per heavy atom. The predicted molar refractivity (Wildman–Crippen MR) is 74.7 cm³/mol. The predicted octanol–water partition coefficient (Wildman–Crippen LogP) is 1.89. The second-order valence-corrected chi connectivity index (χ2v) is 4.79. The van der Waals surface area contributed by atoms with Crippen molar-refractivity contribution in [3.8, 4) is 0 Å². The third-order valence-corrected chi connectivity index (χ3v) is 3.15. The number of aromatic nitrogens is 2. The summed E-state index contributed by atoms with van der Waals surface area (Å²) >= 11 is 0. The molecule has 0 spiro atoms. The number of amides is 1. The van der Waals surface area contributed by atoms with E-state index in [1.54, 1.807) is 12.5 Å². The molecule has 1 aromatic heterocycles. The number of nitrogens with zero attached hydrogens (tertiary/aromatic N) is 2. The third-order valence-electron chi connectivity index (χ3n) is 3.15. The number of hydrogen-bond acceptors (Lipinski definition) is 3. The number of rotatable bonds is 10. The Balaban J connectivity index is 2.28. The summed E-state index contributed by atoms with van der Waals surface area (Å²) in [5, 5.41) is 11.6. The van der Waals surface area contributed by atoms with Crippen LogP contribution in [0, 0.1) is 0 Å². The first-order chi connectivity index (χ1) is 9.27. The van der Waals surface area contributed by atoms with E-state index in [2.05, 4.69) is 17.2 Å². The Morgan fingerprint density at radius 1 is 1.42 bits per heavy atom. The van der Waals surface area contributed by atoms with Crippen molar-refractivity contribution in [1.82, 2.24) is 14.9 Å². The van der Waals surface area contributed by atoms with Crippen molar-refractivity contribution < 1.29 is 9.90 Å². The Hall–Kier alpha value is -1.36. The van der Waals surface area contributed by atoms with Crippen LogP contribution in [0.25, 0.3) is 0 Å². The molecule has 1 atom stereocenters. The molecule has 5 nitrogen and oxygen atoms in total. The largest absolute Gasteiger partial charge is 0.396 e. The Bertz CT molecular complexity index is 338. The quantitative estimate of drug-likeness (QED) is 0.636. The van der Waals surface area contributed by atoms with E-state index in [-0.39, 0.29) is 18.6 Å². The zero-order chi connectivity index (χ0) is 13.9. The molecule has 108 valence electrons. The minimum atomic E-state index is 0.0937. The van der Waals surface area contributed by atoms with Gasteiger partial charge in [0.25, 0.3) is 0 Å². The fourth-order valence-electron chi connectivity index (χ4n) is 2.10. The van der Waals surface area contributed by atoms with E-state index in [1.165, 1.54) is 0 Å². The highest BCUT2D eigenvalue weighted by molar-refractivity contribution is 5.76. The maximum atomic E-state index is 11.9. The number of hydrogen-bond donors (Lipinski definition) is 2. The van der Waals surface area contributed by atoms with Crippen LogP contribution in [0.15, 0.2) is 18.7 Å². The molecule has 1 aromatic rings. The normalized spacial score (nSPS) is 12.3. The van der Waals surface area contributed by atoms with Crippen LogP contribution in [-0.4, -0.2) is 33.7 Å². The zero-order valence-corrected chi connectivity index (χ0v) is 11.7. The summed E-state index contributed by atoms with van der Waals surface area (Å²) in [5.41, 5.74) is 0. The molecule has 0 saturated heterocycles. The van der Waals surface area contributed by atoms with Crippen molar-refractivity contribution in [3.63, 3.8) is 0 Å². The van der Waals surface area contributed by atoms with Crippen LogP contribution in [0.4, 0.5) is 0 Å². The lowest BCUT2D eigenvalue weighted by molar-refractivity contribution is -0.121. The number of carbonyl (C=O) groups excluding carboxylic acids is 1. The van der Waals surface area contributed by atoms with Gasteiger partial charge in [-0.3, -0.25) is 4.79 Å².